The summed E-state index contributed by atoms with van der Waals surface area (Å²) in [6, 6.07) is 0. The van der Waals surface area contributed by atoms with E-state index in [-0.39, 0.29) is 12.1 Å². The molecule has 1 aromatic heterocycles. The zero-order valence-electron chi connectivity index (χ0n) is 16.1. The van der Waals surface area contributed by atoms with Crippen molar-refractivity contribution in [3.8, 4) is 0 Å². The number of hydrogen-bond acceptors (Lipinski definition) is 11. The Balaban J connectivity index is 2.15. The van der Waals surface area contributed by atoms with Crippen molar-refractivity contribution in [2.24, 2.45) is 5.73 Å². The second-order valence-corrected chi connectivity index (χ2v) is 10.7. The second-order valence-electron chi connectivity index (χ2n) is 6.28. The largest absolute Gasteiger partial charge is 0.490 e. The number of aliphatic hydroxyl groups is 1. The minimum atomic E-state index is -5.78. The molecule has 188 valence electrons. The highest BCUT2D eigenvalue weighted by Crippen LogP contribution is 2.66. The number of phosphoric ester groups is 1. The van der Waals surface area contributed by atoms with E-state index in [1.807, 2.05) is 4.98 Å². The molecule has 0 aliphatic carbocycles. The molecule has 0 spiro atoms. The van der Waals surface area contributed by atoms with Crippen LogP contribution in [-0.2, 0) is 31.6 Å². The number of nitrogens with zero attached hydrogens (tertiary/aromatic N) is 1. The zero-order valence-corrected chi connectivity index (χ0v) is 18.8. The SMILES string of the molecule is NC/C=C/c1cn([C@@H]2O[C@H](COP(=O)(O)OP(=O)(O)OP(=O)(O)O)[C@@H](O)[C@H]2F)c(=O)[nH]c1=O. The van der Waals surface area contributed by atoms with E-state index < -0.39 is 65.9 Å². The summed E-state index contributed by atoms with van der Waals surface area (Å²) in [6.07, 6.45) is -4.41. The summed E-state index contributed by atoms with van der Waals surface area (Å²) in [6.45, 7) is -1.11. The Labute approximate surface area is 182 Å². The van der Waals surface area contributed by atoms with Crippen molar-refractivity contribution in [3.05, 3.63) is 38.7 Å². The fourth-order valence-corrected chi connectivity index (χ4v) is 5.57. The molecule has 1 fully saturated rings. The average molecular weight is 541 g/mol. The monoisotopic (exact) mass is 541 g/mol. The molecule has 2 heterocycles. The third-order valence-corrected chi connectivity index (χ3v) is 7.62. The number of halogens is 1. The van der Waals surface area contributed by atoms with Crippen LogP contribution in [0.3, 0.4) is 0 Å². The number of nitrogens with two attached hydrogens (primary N) is 1. The predicted octanol–water partition coefficient (Wildman–Crippen LogP) is -1.55. The third kappa shape index (κ3) is 7.83. The molecule has 6 atom stereocenters. The zero-order chi connectivity index (χ0) is 25.2. The van der Waals surface area contributed by atoms with Gasteiger partial charge in [0.05, 0.1) is 12.2 Å². The van der Waals surface area contributed by atoms with Crippen molar-refractivity contribution in [1.29, 1.82) is 0 Å². The summed E-state index contributed by atoms with van der Waals surface area (Å²) in [7, 11) is -16.9. The lowest BCUT2D eigenvalue weighted by atomic mass is 10.1. The minimum Gasteiger partial charge on any atom is -0.387 e. The topological polar surface area (TPSA) is 270 Å². The summed E-state index contributed by atoms with van der Waals surface area (Å²) in [5, 5.41) is 9.99. The van der Waals surface area contributed by atoms with E-state index in [4.69, 9.17) is 25.2 Å². The van der Waals surface area contributed by atoms with Gasteiger partial charge in [-0.15, -0.1) is 0 Å². The lowest BCUT2D eigenvalue weighted by Crippen LogP contribution is -2.36. The number of H-pyrrole nitrogens is 1. The van der Waals surface area contributed by atoms with Crippen molar-refractivity contribution in [1.82, 2.24) is 9.55 Å². The normalized spacial score (nSPS) is 27.5. The van der Waals surface area contributed by atoms with Gasteiger partial charge in [0.25, 0.3) is 5.56 Å². The number of hydrogen-bond donors (Lipinski definition) is 7. The standard InChI is InChI=1S/C12H19FN3O14P3/c13-8-9(17)7(5-27-32(23,24)30-33(25,26)29-31(20,21)22)28-11(8)16-4-6(2-1-3-14)10(18)15-12(16)19/h1-2,4,7-9,11,17H,3,5,14H2,(H,23,24)(H,25,26)(H,15,18,19)(H2,20,21,22)/b2-1+/t7-,8-,9-,11-/m1/s1. The molecule has 33 heavy (non-hydrogen) atoms. The molecule has 0 aromatic carbocycles. The van der Waals surface area contributed by atoms with Crippen LogP contribution in [0.15, 0.2) is 21.9 Å². The number of ether oxygens (including phenoxy) is 1. The van der Waals surface area contributed by atoms with Gasteiger partial charge in [0.15, 0.2) is 12.4 Å². The lowest BCUT2D eigenvalue weighted by Gasteiger charge is -2.19. The molecule has 8 N–H and O–H groups in total. The van der Waals surface area contributed by atoms with E-state index in [0.717, 1.165) is 6.20 Å². The van der Waals surface area contributed by atoms with E-state index in [1.54, 1.807) is 0 Å². The van der Waals surface area contributed by atoms with Crippen molar-refractivity contribution < 1.29 is 60.6 Å². The molecule has 2 rings (SSSR count). The Kier molecular flexibility index (Phi) is 8.87. The van der Waals surface area contributed by atoms with Crippen LogP contribution in [0.5, 0.6) is 0 Å². The number of alkyl halides is 1. The van der Waals surface area contributed by atoms with Crippen molar-refractivity contribution in [2.75, 3.05) is 13.2 Å². The number of nitrogens with one attached hydrogen (secondary N) is 1. The van der Waals surface area contributed by atoms with Gasteiger partial charge in [-0.3, -0.25) is 18.9 Å². The fourth-order valence-electron chi connectivity index (χ4n) is 2.54. The van der Waals surface area contributed by atoms with Crippen LogP contribution in [0.1, 0.15) is 11.8 Å². The van der Waals surface area contributed by atoms with Gasteiger partial charge in [-0.2, -0.15) is 8.62 Å². The summed E-state index contributed by atoms with van der Waals surface area (Å²) in [5.41, 5.74) is 3.24. The van der Waals surface area contributed by atoms with Crippen molar-refractivity contribution in [2.45, 2.75) is 24.6 Å². The first-order chi connectivity index (χ1) is 15.1. The summed E-state index contributed by atoms with van der Waals surface area (Å²) >= 11 is 0. The van der Waals surface area contributed by atoms with Crippen molar-refractivity contribution in [3.63, 3.8) is 0 Å². The number of aromatic nitrogens is 2. The Hall–Kier alpha value is -1.36. The molecule has 1 aliphatic heterocycles. The van der Waals surface area contributed by atoms with Gasteiger partial charge in [0.1, 0.15) is 12.2 Å². The Morgan fingerprint density at radius 1 is 1.18 bits per heavy atom. The molecule has 21 heteroatoms. The van der Waals surface area contributed by atoms with Gasteiger partial charge in [-0.1, -0.05) is 12.2 Å². The minimum absolute atomic E-state index is 0.0472. The van der Waals surface area contributed by atoms with Crippen LogP contribution < -0.4 is 17.0 Å². The van der Waals surface area contributed by atoms with Crippen LogP contribution in [-0.4, -0.2) is 65.8 Å². The van der Waals surface area contributed by atoms with Gasteiger partial charge >= 0.3 is 29.2 Å². The number of rotatable bonds is 10. The van der Waals surface area contributed by atoms with E-state index in [2.05, 4.69) is 13.1 Å². The summed E-state index contributed by atoms with van der Waals surface area (Å²) in [4.78, 5) is 61.2. The lowest BCUT2D eigenvalue weighted by molar-refractivity contribution is -0.0482. The average Bonchev–Trinajstić information content (AvgIpc) is 2.91. The highest BCUT2D eigenvalue weighted by atomic mass is 31.3. The maximum Gasteiger partial charge on any atom is 0.490 e. The Morgan fingerprint density at radius 2 is 1.82 bits per heavy atom. The molecular formula is C12H19FN3O14P3. The van der Waals surface area contributed by atoms with Crippen LogP contribution >= 0.6 is 23.5 Å². The van der Waals surface area contributed by atoms with Gasteiger partial charge in [0.2, 0.25) is 0 Å². The molecule has 1 aromatic rings. The quantitative estimate of drug-likeness (QED) is 0.165. The van der Waals surface area contributed by atoms with Gasteiger partial charge < -0.3 is 35.2 Å². The first-order valence-electron chi connectivity index (χ1n) is 8.53. The molecule has 0 saturated carbocycles. The Bertz CT molecular complexity index is 1150. The molecule has 17 nitrogen and oxygen atoms in total. The number of phosphoric acid groups is 3. The molecule has 0 amide bonds. The summed E-state index contributed by atoms with van der Waals surface area (Å²) in [5.74, 6) is 0. The molecule has 1 aliphatic rings. The fraction of sp³-hybridized carbons (Fsp3) is 0.500. The molecule has 0 bridgehead atoms. The maximum atomic E-state index is 14.6. The maximum absolute atomic E-state index is 14.6. The molecule has 0 radical (unpaired) electrons. The van der Waals surface area contributed by atoms with E-state index in [0.29, 0.717) is 4.57 Å². The van der Waals surface area contributed by atoms with E-state index in [1.165, 1.54) is 12.2 Å². The summed E-state index contributed by atoms with van der Waals surface area (Å²) < 4.78 is 65.3. The van der Waals surface area contributed by atoms with Crippen LogP contribution in [0.4, 0.5) is 4.39 Å². The number of aliphatic hydroxyl groups excluding tert-OH is 1. The highest BCUT2D eigenvalue weighted by Gasteiger charge is 2.47. The molecule has 2 unspecified atom stereocenters. The third-order valence-electron chi connectivity index (χ3n) is 3.81. The highest BCUT2D eigenvalue weighted by molar-refractivity contribution is 7.66. The predicted molar refractivity (Wildman–Crippen MR) is 104 cm³/mol. The van der Waals surface area contributed by atoms with Gasteiger partial charge in [-0.05, 0) is 0 Å². The molecule has 1 saturated heterocycles. The van der Waals surface area contributed by atoms with Gasteiger partial charge in [0, 0.05) is 12.7 Å². The smallest absolute Gasteiger partial charge is 0.387 e. The van der Waals surface area contributed by atoms with Crippen molar-refractivity contribution >= 4 is 29.5 Å². The van der Waals surface area contributed by atoms with Crippen LogP contribution in [0, 0.1) is 0 Å². The Morgan fingerprint density at radius 3 is 2.39 bits per heavy atom. The van der Waals surface area contributed by atoms with Crippen LogP contribution in [0.25, 0.3) is 6.08 Å². The molecular weight excluding hydrogens is 522 g/mol. The van der Waals surface area contributed by atoms with E-state index in [9.17, 15) is 37.7 Å². The first kappa shape index (κ1) is 27.9. The van der Waals surface area contributed by atoms with Crippen LogP contribution in [0.2, 0.25) is 0 Å². The number of aromatic amines is 1. The van der Waals surface area contributed by atoms with E-state index >= 15 is 0 Å². The second kappa shape index (κ2) is 10.5. The van der Waals surface area contributed by atoms with Gasteiger partial charge in [-0.25, -0.2) is 22.9 Å². The first-order valence-corrected chi connectivity index (χ1v) is 13.1.